The number of ether oxygens (including phenoxy) is 2. The van der Waals surface area contributed by atoms with Crippen LogP contribution >= 0.6 is 0 Å². The van der Waals surface area contributed by atoms with E-state index in [9.17, 15) is 4.79 Å². The number of carbonyl (C=O) groups excluding carboxylic acids is 1. The molecule has 1 aromatic heterocycles. The Morgan fingerprint density at radius 2 is 1.76 bits per heavy atom. The molecule has 0 spiro atoms. The maximum atomic E-state index is 12.3. The fourth-order valence-electron chi connectivity index (χ4n) is 4.14. The number of rotatable bonds is 5. The second-order valence-electron chi connectivity index (χ2n) is 8.25. The summed E-state index contributed by atoms with van der Waals surface area (Å²) in [5.41, 5.74) is 4.36. The number of nitrogens with zero attached hydrogens (tertiary/aromatic N) is 4. The van der Waals surface area contributed by atoms with Crippen molar-refractivity contribution in [3.8, 4) is 22.8 Å². The van der Waals surface area contributed by atoms with Crippen LogP contribution in [0, 0.1) is 0 Å². The first-order valence-corrected chi connectivity index (χ1v) is 11.1. The fourth-order valence-corrected chi connectivity index (χ4v) is 4.14. The van der Waals surface area contributed by atoms with Crippen LogP contribution in [0.3, 0.4) is 0 Å². The van der Waals surface area contributed by atoms with E-state index in [2.05, 4.69) is 43.8 Å². The molecule has 0 atom stereocenters. The van der Waals surface area contributed by atoms with Gasteiger partial charge < -0.3 is 35.2 Å². The highest BCUT2D eigenvalue weighted by atomic mass is 16.5. The lowest BCUT2D eigenvalue weighted by Crippen LogP contribution is -2.44. The van der Waals surface area contributed by atoms with Crippen molar-refractivity contribution >= 4 is 34.7 Å². The van der Waals surface area contributed by atoms with Crippen LogP contribution in [-0.2, 0) is 0 Å². The van der Waals surface area contributed by atoms with Crippen molar-refractivity contribution in [2.45, 2.75) is 0 Å². The minimum Gasteiger partial charge on any atom is -0.497 e. The van der Waals surface area contributed by atoms with Crippen molar-refractivity contribution in [2.75, 3.05) is 68.3 Å². The van der Waals surface area contributed by atoms with Crippen LogP contribution in [0.1, 0.15) is 0 Å². The van der Waals surface area contributed by atoms with Gasteiger partial charge in [0.25, 0.3) is 0 Å². The largest absolute Gasteiger partial charge is 0.497 e. The van der Waals surface area contributed by atoms with E-state index in [-0.39, 0.29) is 6.03 Å². The third-order valence-corrected chi connectivity index (χ3v) is 6.07. The predicted octanol–water partition coefficient (Wildman–Crippen LogP) is 3.61. The van der Waals surface area contributed by atoms with Crippen molar-refractivity contribution < 1.29 is 14.3 Å². The highest BCUT2D eigenvalue weighted by Gasteiger charge is 2.22. The van der Waals surface area contributed by atoms with Crippen molar-refractivity contribution in [2.24, 2.45) is 0 Å². The highest BCUT2D eigenvalue weighted by Crippen LogP contribution is 2.38. The molecule has 0 unspecified atom stereocenters. The van der Waals surface area contributed by atoms with Crippen LogP contribution in [-0.4, -0.2) is 68.3 Å². The van der Waals surface area contributed by atoms with Crippen LogP contribution in [0.4, 0.5) is 33.5 Å². The summed E-state index contributed by atoms with van der Waals surface area (Å²) < 4.78 is 11.0. The number of methoxy groups -OCH3 is 2. The fraction of sp³-hybridized carbons (Fsp3) is 0.292. The van der Waals surface area contributed by atoms with Gasteiger partial charge >= 0.3 is 6.03 Å². The lowest BCUT2D eigenvalue weighted by molar-refractivity contribution is 0.262. The second kappa shape index (κ2) is 9.06. The van der Waals surface area contributed by atoms with E-state index in [1.807, 2.05) is 24.3 Å². The molecule has 0 saturated carbocycles. The Balaban J connectivity index is 1.45. The van der Waals surface area contributed by atoms with Gasteiger partial charge in [0.1, 0.15) is 17.2 Å². The zero-order chi connectivity index (χ0) is 23.7. The van der Waals surface area contributed by atoms with Gasteiger partial charge in [-0.05, 0) is 31.3 Å². The molecule has 1 saturated heterocycles. The van der Waals surface area contributed by atoms with Crippen LogP contribution in [0.25, 0.3) is 11.3 Å². The van der Waals surface area contributed by atoms with Gasteiger partial charge in [-0.15, -0.1) is 0 Å². The summed E-state index contributed by atoms with van der Waals surface area (Å²) in [6, 6.07) is 11.2. The molecule has 0 bridgehead atoms. The van der Waals surface area contributed by atoms with E-state index in [4.69, 9.17) is 14.5 Å². The summed E-state index contributed by atoms with van der Waals surface area (Å²) in [6.07, 6.45) is 1.59. The average molecular weight is 462 g/mol. The molecule has 2 aliphatic rings. The Bertz CT molecular complexity index is 1230. The number of carbonyl (C=O) groups is 1. The van der Waals surface area contributed by atoms with Crippen molar-refractivity contribution in [3.63, 3.8) is 0 Å². The first-order valence-electron chi connectivity index (χ1n) is 11.1. The SMILES string of the molecule is COc1ccc2c(c1)NC(=O)Nc1cnc(Nc3ccc(N4CCN(C)CC4)cc3OC)nc1-2. The Kier molecular flexibility index (Phi) is 5.81. The monoisotopic (exact) mass is 461 g/mol. The van der Waals surface area contributed by atoms with Gasteiger partial charge in [-0.3, -0.25) is 0 Å². The Labute approximate surface area is 197 Å². The first kappa shape index (κ1) is 21.8. The molecule has 0 radical (unpaired) electrons. The summed E-state index contributed by atoms with van der Waals surface area (Å²) in [5.74, 6) is 1.73. The maximum absolute atomic E-state index is 12.3. The summed E-state index contributed by atoms with van der Waals surface area (Å²) in [5, 5.41) is 8.88. The number of amides is 2. The van der Waals surface area contributed by atoms with E-state index in [0.29, 0.717) is 34.5 Å². The van der Waals surface area contributed by atoms with Gasteiger partial charge in [0.2, 0.25) is 5.95 Å². The zero-order valence-electron chi connectivity index (χ0n) is 19.4. The number of benzene rings is 2. The van der Waals surface area contributed by atoms with Crippen LogP contribution in [0.15, 0.2) is 42.6 Å². The maximum Gasteiger partial charge on any atom is 0.323 e. The molecule has 2 aliphatic heterocycles. The molecule has 3 N–H and O–H groups in total. The average Bonchev–Trinajstić information content (AvgIpc) is 2.99. The van der Waals surface area contributed by atoms with Crippen molar-refractivity contribution in [1.82, 2.24) is 14.9 Å². The molecule has 1 fully saturated rings. The Morgan fingerprint density at radius 3 is 2.53 bits per heavy atom. The first-order chi connectivity index (χ1) is 16.5. The van der Waals surface area contributed by atoms with E-state index in [0.717, 1.165) is 43.1 Å². The molecule has 34 heavy (non-hydrogen) atoms. The molecule has 10 nitrogen and oxygen atoms in total. The lowest BCUT2D eigenvalue weighted by atomic mass is 10.1. The Hall–Kier alpha value is -4.05. The molecule has 5 rings (SSSR count). The van der Waals surface area contributed by atoms with Crippen LogP contribution in [0.5, 0.6) is 11.5 Å². The second-order valence-corrected chi connectivity index (χ2v) is 8.25. The minimum atomic E-state index is -0.362. The highest BCUT2D eigenvalue weighted by molar-refractivity contribution is 6.08. The summed E-state index contributed by atoms with van der Waals surface area (Å²) in [7, 11) is 5.37. The number of fused-ring (bicyclic) bond motifs is 3. The molecule has 176 valence electrons. The van der Waals surface area contributed by atoms with Crippen molar-refractivity contribution in [1.29, 1.82) is 0 Å². The van der Waals surface area contributed by atoms with Gasteiger partial charge in [0.15, 0.2) is 0 Å². The number of aromatic nitrogens is 2. The van der Waals surface area contributed by atoms with E-state index >= 15 is 0 Å². The standard InChI is InChI=1S/C24H27N7O3/c1-30-8-10-31(11-9-30)15-4-7-18(21(12-15)34-3)26-23-25-14-20-22(29-23)17-6-5-16(33-2)13-19(17)27-24(32)28-20/h4-7,12-14H,8-11H2,1-3H3,(H,25,26,29)(H2,27,28,32). The minimum absolute atomic E-state index is 0.362. The number of hydrogen-bond donors (Lipinski definition) is 3. The van der Waals surface area contributed by atoms with Gasteiger partial charge in [-0.1, -0.05) is 0 Å². The van der Waals surface area contributed by atoms with Gasteiger partial charge in [-0.25, -0.2) is 14.8 Å². The quantitative estimate of drug-likeness (QED) is 0.529. The van der Waals surface area contributed by atoms with Gasteiger partial charge in [-0.2, -0.15) is 0 Å². The molecular formula is C24H27N7O3. The summed E-state index contributed by atoms with van der Waals surface area (Å²) in [6.45, 7) is 4.02. The van der Waals surface area contributed by atoms with Crippen LogP contribution in [0.2, 0.25) is 0 Å². The number of piperazine rings is 1. The Morgan fingerprint density at radius 1 is 0.971 bits per heavy atom. The predicted molar refractivity (Wildman–Crippen MR) is 133 cm³/mol. The molecule has 10 heteroatoms. The normalized spacial score (nSPS) is 15.4. The summed E-state index contributed by atoms with van der Waals surface area (Å²) in [4.78, 5) is 26.1. The van der Waals surface area contributed by atoms with E-state index in [1.54, 1.807) is 26.5 Å². The molecule has 2 aromatic carbocycles. The molecule has 3 heterocycles. The molecule has 0 aliphatic carbocycles. The number of urea groups is 1. The number of hydrogen-bond acceptors (Lipinski definition) is 8. The van der Waals surface area contributed by atoms with E-state index in [1.165, 1.54) is 0 Å². The number of nitrogens with one attached hydrogen (secondary N) is 3. The summed E-state index contributed by atoms with van der Waals surface area (Å²) >= 11 is 0. The third-order valence-electron chi connectivity index (χ3n) is 6.07. The topological polar surface area (TPSA) is 104 Å². The molecular weight excluding hydrogens is 434 g/mol. The number of anilines is 5. The molecule has 3 aromatic rings. The van der Waals surface area contributed by atoms with E-state index < -0.39 is 0 Å². The lowest BCUT2D eigenvalue weighted by Gasteiger charge is -2.34. The van der Waals surface area contributed by atoms with Crippen LogP contribution < -0.4 is 30.3 Å². The third kappa shape index (κ3) is 4.27. The van der Waals surface area contributed by atoms with Gasteiger partial charge in [0.05, 0.1) is 37.5 Å². The molecule has 2 amide bonds. The number of likely N-dealkylation sites (N-methyl/N-ethyl adjacent to an activating group) is 1. The van der Waals surface area contributed by atoms with Gasteiger partial charge in [0, 0.05) is 49.6 Å². The zero-order valence-corrected chi connectivity index (χ0v) is 19.4. The van der Waals surface area contributed by atoms with Crippen molar-refractivity contribution in [3.05, 3.63) is 42.6 Å². The smallest absolute Gasteiger partial charge is 0.323 e.